The van der Waals surface area contributed by atoms with Crippen molar-refractivity contribution in [2.45, 2.75) is 25.8 Å². The Morgan fingerprint density at radius 2 is 2.00 bits per heavy atom. The molecule has 0 radical (unpaired) electrons. The highest BCUT2D eigenvalue weighted by atomic mass is 16.5. The predicted molar refractivity (Wildman–Crippen MR) is 81.0 cm³/mol. The average Bonchev–Trinajstić information content (AvgIpc) is 3.31. The van der Waals surface area contributed by atoms with E-state index < -0.39 is 0 Å². The van der Waals surface area contributed by atoms with E-state index in [4.69, 9.17) is 4.74 Å². The lowest BCUT2D eigenvalue weighted by Gasteiger charge is -2.14. The topological polar surface area (TPSA) is 48.3 Å². The molecule has 0 saturated heterocycles. The van der Waals surface area contributed by atoms with E-state index in [1.54, 1.807) is 17.7 Å². The number of ketones is 1. The van der Waals surface area contributed by atoms with Gasteiger partial charge in [-0.15, -0.1) is 0 Å². The number of Topliss-reactive ketones (excluding diaryl/α,β-unsaturated/α-hetero) is 1. The van der Waals surface area contributed by atoms with Gasteiger partial charge in [0.25, 0.3) is 5.56 Å². The van der Waals surface area contributed by atoms with E-state index in [9.17, 15) is 9.59 Å². The van der Waals surface area contributed by atoms with Gasteiger partial charge in [0.05, 0.1) is 18.4 Å². The van der Waals surface area contributed by atoms with E-state index in [1.807, 2.05) is 30.3 Å². The number of rotatable bonds is 4. The van der Waals surface area contributed by atoms with Gasteiger partial charge in [-0.1, -0.05) is 12.1 Å². The molecule has 1 heterocycles. The van der Waals surface area contributed by atoms with Crippen molar-refractivity contribution >= 4 is 5.78 Å². The Bertz CT molecular complexity index is 757. The number of ether oxygens (including phenoxy) is 1. The first-order valence-electron chi connectivity index (χ1n) is 7.02. The van der Waals surface area contributed by atoms with Gasteiger partial charge in [-0.3, -0.25) is 9.59 Å². The first-order valence-corrected chi connectivity index (χ1v) is 7.02. The SMILES string of the molecule is COc1cccc(-c2ccc(C(C)=O)c(=O)n2C2CC2)c1. The molecule has 0 bridgehead atoms. The van der Waals surface area contributed by atoms with Crippen molar-refractivity contribution in [2.75, 3.05) is 7.11 Å². The van der Waals surface area contributed by atoms with Gasteiger partial charge in [0, 0.05) is 11.6 Å². The second kappa shape index (κ2) is 5.20. The zero-order chi connectivity index (χ0) is 15.0. The summed E-state index contributed by atoms with van der Waals surface area (Å²) < 4.78 is 7.00. The van der Waals surface area contributed by atoms with Crippen molar-refractivity contribution in [3.8, 4) is 17.0 Å². The van der Waals surface area contributed by atoms with Crippen LogP contribution in [0.15, 0.2) is 41.2 Å². The lowest BCUT2D eigenvalue weighted by molar-refractivity contribution is 0.101. The molecule has 4 nitrogen and oxygen atoms in total. The molecule has 1 aliphatic rings. The molecule has 1 aliphatic carbocycles. The van der Waals surface area contributed by atoms with Gasteiger partial charge in [0.2, 0.25) is 0 Å². The summed E-state index contributed by atoms with van der Waals surface area (Å²) in [5.74, 6) is 0.560. The van der Waals surface area contributed by atoms with Crippen LogP contribution in [0.25, 0.3) is 11.3 Å². The van der Waals surface area contributed by atoms with Crippen LogP contribution in [0, 0.1) is 0 Å². The number of hydrogen-bond acceptors (Lipinski definition) is 3. The quantitative estimate of drug-likeness (QED) is 0.810. The molecular weight excluding hydrogens is 266 g/mol. The maximum atomic E-state index is 12.6. The number of carbonyl (C=O) groups is 1. The third kappa shape index (κ3) is 2.49. The summed E-state index contributed by atoms with van der Waals surface area (Å²) in [6.45, 7) is 1.43. The van der Waals surface area contributed by atoms with Gasteiger partial charge in [0.1, 0.15) is 5.75 Å². The van der Waals surface area contributed by atoms with Crippen molar-refractivity contribution in [1.82, 2.24) is 4.57 Å². The summed E-state index contributed by atoms with van der Waals surface area (Å²) in [5, 5.41) is 0. The molecule has 1 aromatic carbocycles. The molecule has 0 spiro atoms. The van der Waals surface area contributed by atoms with Crippen molar-refractivity contribution in [3.05, 3.63) is 52.3 Å². The third-order valence-electron chi connectivity index (χ3n) is 3.77. The molecule has 1 fully saturated rings. The van der Waals surface area contributed by atoms with Crippen LogP contribution in [-0.2, 0) is 0 Å². The molecular formula is C17H17NO3. The summed E-state index contributed by atoms with van der Waals surface area (Å²) in [6.07, 6.45) is 1.97. The number of nitrogens with zero attached hydrogens (tertiary/aromatic N) is 1. The van der Waals surface area contributed by atoms with Crippen LogP contribution in [-0.4, -0.2) is 17.5 Å². The Balaban J connectivity index is 2.20. The van der Waals surface area contributed by atoms with Gasteiger partial charge in [-0.2, -0.15) is 0 Å². The fourth-order valence-corrected chi connectivity index (χ4v) is 2.53. The summed E-state index contributed by atoms with van der Waals surface area (Å²) in [7, 11) is 1.62. The molecule has 21 heavy (non-hydrogen) atoms. The zero-order valence-electron chi connectivity index (χ0n) is 12.1. The number of carbonyl (C=O) groups excluding carboxylic acids is 1. The molecule has 1 saturated carbocycles. The fraction of sp³-hybridized carbons (Fsp3) is 0.294. The fourth-order valence-electron chi connectivity index (χ4n) is 2.53. The van der Waals surface area contributed by atoms with E-state index >= 15 is 0 Å². The van der Waals surface area contributed by atoms with E-state index in [0.717, 1.165) is 29.8 Å². The van der Waals surface area contributed by atoms with Crippen LogP contribution in [0.1, 0.15) is 36.2 Å². The number of pyridine rings is 1. The summed E-state index contributed by atoms with van der Waals surface area (Å²) in [5.41, 5.74) is 1.83. The minimum absolute atomic E-state index is 0.188. The second-order valence-electron chi connectivity index (χ2n) is 5.33. The largest absolute Gasteiger partial charge is 0.497 e. The van der Waals surface area contributed by atoms with Crippen molar-refractivity contribution in [1.29, 1.82) is 0 Å². The smallest absolute Gasteiger partial charge is 0.262 e. The molecule has 0 atom stereocenters. The van der Waals surface area contributed by atoms with Crippen LogP contribution >= 0.6 is 0 Å². The molecule has 0 unspecified atom stereocenters. The average molecular weight is 283 g/mol. The van der Waals surface area contributed by atoms with Crippen LogP contribution in [0.4, 0.5) is 0 Å². The Kier molecular flexibility index (Phi) is 3.37. The highest BCUT2D eigenvalue weighted by Gasteiger charge is 2.28. The van der Waals surface area contributed by atoms with E-state index in [2.05, 4.69) is 0 Å². The Labute approximate surface area is 123 Å². The Morgan fingerprint density at radius 1 is 1.24 bits per heavy atom. The predicted octanol–water partition coefficient (Wildman–Crippen LogP) is 3.06. The molecule has 1 aromatic heterocycles. The van der Waals surface area contributed by atoms with Crippen LogP contribution < -0.4 is 10.3 Å². The first kappa shape index (κ1) is 13.6. The van der Waals surface area contributed by atoms with Gasteiger partial charge >= 0.3 is 0 Å². The molecule has 2 aromatic rings. The highest BCUT2D eigenvalue weighted by Crippen LogP contribution is 2.37. The standard InChI is InChI=1S/C17H17NO3/c1-11(19)15-8-9-16(18(17(15)20)13-6-7-13)12-4-3-5-14(10-12)21-2/h3-5,8-10,13H,6-7H2,1-2H3. The molecule has 0 aliphatic heterocycles. The normalized spacial score (nSPS) is 14.0. The van der Waals surface area contributed by atoms with Crippen molar-refractivity contribution in [2.24, 2.45) is 0 Å². The number of benzene rings is 1. The van der Waals surface area contributed by atoms with Crippen LogP contribution in [0.3, 0.4) is 0 Å². The van der Waals surface area contributed by atoms with Gasteiger partial charge in [-0.05, 0) is 44.0 Å². The maximum Gasteiger partial charge on any atom is 0.262 e. The first-order chi connectivity index (χ1) is 10.1. The summed E-state index contributed by atoms with van der Waals surface area (Å²) in [6, 6.07) is 11.3. The molecule has 0 amide bonds. The van der Waals surface area contributed by atoms with Crippen molar-refractivity contribution in [3.63, 3.8) is 0 Å². The monoisotopic (exact) mass is 283 g/mol. The maximum absolute atomic E-state index is 12.6. The Morgan fingerprint density at radius 3 is 2.62 bits per heavy atom. The zero-order valence-corrected chi connectivity index (χ0v) is 12.1. The number of hydrogen-bond donors (Lipinski definition) is 0. The molecule has 4 heteroatoms. The van der Waals surface area contributed by atoms with Gasteiger partial charge in [0.15, 0.2) is 5.78 Å². The van der Waals surface area contributed by atoms with Gasteiger partial charge < -0.3 is 9.30 Å². The Hall–Kier alpha value is -2.36. The van der Waals surface area contributed by atoms with E-state index in [-0.39, 0.29) is 22.9 Å². The lowest BCUT2D eigenvalue weighted by atomic mass is 10.1. The highest BCUT2D eigenvalue weighted by molar-refractivity contribution is 5.94. The molecule has 3 rings (SSSR count). The number of methoxy groups -OCH3 is 1. The number of aromatic nitrogens is 1. The van der Waals surface area contributed by atoms with Gasteiger partial charge in [-0.25, -0.2) is 0 Å². The minimum Gasteiger partial charge on any atom is -0.497 e. The second-order valence-corrected chi connectivity index (χ2v) is 5.33. The summed E-state index contributed by atoms with van der Waals surface area (Å²) in [4.78, 5) is 24.1. The molecule has 0 N–H and O–H groups in total. The van der Waals surface area contributed by atoms with Crippen molar-refractivity contribution < 1.29 is 9.53 Å². The van der Waals surface area contributed by atoms with E-state index in [1.165, 1.54) is 6.92 Å². The van der Waals surface area contributed by atoms with Crippen LogP contribution in [0.2, 0.25) is 0 Å². The van der Waals surface area contributed by atoms with E-state index in [0.29, 0.717) is 0 Å². The summed E-state index contributed by atoms with van der Waals surface area (Å²) >= 11 is 0. The minimum atomic E-state index is -0.190. The lowest BCUT2D eigenvalue weighted by Crippen LogP contribution is -2.26. The van der Waals surface area contributed by atoms with Crippen LogP contribution in [0.5, 0.6) is 5.75 Å². The molecule has 108 valence electrons. The third-order valence-corrected chi connectivity index (χ3v) is 3.77.